The van der Waals surface area contributed by atoms with Crippen molar-refractivity contribution in [1.29, 1.82) is 0 Å². The molecule has 2 aliphatic rings. The van der Waals surface area contributed by atoms with Crippen molar-refractivity contribution in [3.8, 4) is 11.1 Å². The predicted octanol–water partition coefficient (Wildman–Crippen LogP) is 3.69. The molecule has 0 bridgehead atoms. The number of nitrogens with one attached hydrogen (secondary N) is 1. The Balaban J connectivity index is 1.45. The van der Waals surface area contributed by atoms with Crippen LogP contribution in [0, 0.1) is 5.92 Å². The van der Waals surface area contributed by atoms with Crippen LogP contribution < -0.4 is 5.32 Å². The fourth-order valence-electron chi connectivity index (χ4n) is 3.95. The minimum atomic E-state index is -0.437. The lowest BCUT2D eigenvalue weighted by Crippen LogP contribution is -2.45. The van der Waals surface area contributed by atoms with Gasteiger partial charge in [-0.25, -0.2) is 4.79 Å². The van der Waals surface area contributed by atoms with Crippen molar-refractivity contribution in [1.82, 2.24) is 5.32 Å². The van der Waals surface area contributed by atoms with Crippen molar-refractivity contribution < 1.29 is 14.6 Å². The summed E-state index contributed by atoms with van der Waals surface area (Å²) >= 11 is 0. The molecule has 130 valence electrons. The van der Waals surface area contributed by atoms with E-state index in [4.69, 9.17) is 4.74 Å². The fourth-order valence-corrected chi connectivity index (χ4v) is 3.95. The molecule has 25 heavy (non-hydrogen) atoms. The summed E-state index contributed by atoms with van der Waals surface area (Å²) in [4.78, 5) is 12.2. The van der Waals surface area contributed by atoms with Gasteiger partial charge in [0.1, 0.15) is 6.61 Å². The number of carbonyl (C=O) groups excluding carboxylic acids is 1. The van der Waals surface area contributed by atoms with Gasteiger partial charge in [0.2, 0.25) is 0 Å². The van der Waals surface area contributed by atoms with Gasteiger partial charge in [0, 0.05) is 5.92 Å². The number of hydrogen-bond acceptors (Lipinski definition) is 3. The molecular weight excluding hydrogens is 314 g/mol. The molecule has 0 aliphatic heterocycles. The van der Waals surface area contributed by atoms with E-state index in [1.807, 2.05) is 24.3 Å². The topological polar surface area (TPSA) is 58.6 Å². The van der Waals surface area contributed by atoms with Crippen LogP contribution in [-0.4, -0.2) is 30.5 Å². The van der Waals surface area contributed by atoms with Crippen molar-refractivity contribution in [2.45, 2.75) is 31.2 Å². The van der Waals surface area contributed by atoms with E-state index in [-0.39, 0.29) is 18.6 Å². The zero-order chi connectivity index (χ0) is 17.2. The zero-order valence-corrected chi connectivity index (χ0v) is 14.2. The molecule has 0 spiro atoms. The Bertz CT molecular complexity index is 724. The Morgan fingerprint density at radius 2 is 1.68 bits per heavy atom. The first-order chi connectivity index (χ1) is 12.3. The lowest BCUT2D eigenvalue weighted by atomic mass is 9.80. The molecule has 1 saturated carbocycles. The third-order valence-corrected chi connectivity index (χ3v) is 5.56. The normalized spacial score (nSPS) is 17.3. The van der Waals surface area contributed by atoms with Gasteiger partial charge in [-0.1, -0.05) is 55.0 Å². The Morgan fingerprint density at radius 1 is 1.08 bits per heavy atom. The summed E-state index contributed by atoms with van der Waals surface area (Å²) in [6, 6.07) is 16.4. The summed E-state index contributed by atoms with van der Waals surface area (Å²) in [5, 5.41) is 12.3. The number of rotatable bonds is 5. The van der Waals surface area contributed by atoms with Crippen LogP contribution in [0.2, 0.25) is 0 Å². The van der Waals surface area contributed by atoms with Crippen LogP contribution in [0.1, 0.15) is 36.3 Å². The lowest BCUT2D eigenvalue weighted by molar-refractivity contribution is 0.109. The van der Waals surface area contributed by atoms with E-state index in [1.165, 1.54) is 28.7 Å². The molecule has 2 N–H and O–H groups in total. The molecular formula is C21H23NO3. The summed E-state index contributed by atoms with van der Waals surface area (Å²) in [7, 11) is 0. The van der Waals surface area contributed by atoms with Gasteiger partial charge in [-0.2, -0.15) is 0 Å². The van der Waals surface area contributed by atoms with Crippen LogP contribution in [0.5, 0.6) is 0 Å². The summed E-state index contributed by atoms with van der Waals surface area (Å²) in [5.41, 5.74) is 4.84. The highest BCUT2D eigenvalue weighted by Crippen LogP contribution is 2.44. The van der Waals surface area contributed by atoms with Crippen molar-refractivity contribution in [2.24, 2.45) is 5.92 Å². The Kier molecular flexibility index (Phi) is 4.45. The molecule has 2 aromatic carbocycles. The second-order valence-electron chi connectivity index (χ2n) is 6.95. The van der Waals surface area contributed by atoms with Crippen LogP contribution >= 0.6 is 0 Å². The van der Waals surface area contributed by atoms with Crippen LogP contribution in [0.25, 0.3) is 11.1 Å². The van der Waals surface area contributed by atoms with Crippen molar-refractivity contribution in [3.05, 3.63) is 59.7 Å². The smallest absolute Gasteiger partial charge is 0.407 e. The number of alkyl carbamates (subject to hydrolysis) is 1. The number of ether oxygens (including phenoxy) is 1. The molecule has 0 radical (unpaired) electrons. The first-order valence-corrected chi connectivity index (χ1v) is 9.00. The maximum atomic E-state index is 12.2. The standard InChI is InChI=1S/C21H23NO3/c23-12-20(14-6-5-7-14)22-21(24)25-13-19-17-10-3-1-8-15(17)16-9-2-4-11-18(16)19/h1-4,8-11,14,19-20,23H,5-7,12-13H2,(H,22,24). The highest BCUT2D eigenvalue weighted by molar-refractivity contribution is 5.79. The highest BCUT2D eigenvalue weighted by atomic mass is 16.5. The molecule has 2 aromatic rings. The van der Waals surface area contributed by atoms with Gasteiger partial charge in [-0.05, 0) is 41.0 Å². The van der Waals surface area contributed by atoms with Crippen LogP contribution in [-0.2, 0) is 4.74 Å². The fraction of sp³-hybridized carbons (Fsp3) is 0.381. The van der Waals surface area contributed by atoms with E-state index in [9.17, 15) is 9.90 Å². The molecule has 4 heteroatoms. The summed E-state index contributed by atoms with van der Waals surface area (Å²) in [6.07, 6.45) is 2.87. The zero-order valence-electron chi connectivity index (χ0n) is 14.2. The lowest BCUT2D eigenvalue weighted by Gasteiger charge is -2.32. The van der Waals surface area contributed by atoms with E-state index in [2.05, 4.69) is 29.6 Å². The molecule has 4 nitrogen and oxygen atoms in total. The molecule has 1 fully saturated rings. The van der Waals surface area contributed by atoms with Gasteiger partial charge in [-0.3, -0.25) is 0 Å². The molecule has 1 atom stereocenters. The van der Waals surface area contributed by atoms with E-state index in [0.717, 1.165) is 12.8 Å². The number of aliphatic hydroxyl groups excluding tert-OH is 1. The minimum Gasteiger partial charge on any atom is -0.449 e. The van der Waals surface area contributed by atoms with Gasteiger partial charge in [0.05, 0.1) is 12.6 Å². The van der Waals surface area contributed by atoms with Gasteiger partial charge >= 0.3 is 6.09 Å². The van der Waals surface area contributed by atoms with Gasteiger partial charge in [0.15, 0.2) is 0 Å². The monoisotopic (exact) mass is 337 g/mol. The molecule has 0 heterocycles. The second-order valence-corrected chi connectivity index (χ2v) is 6.95. The highest BCUT2D eigenvalue weighted by Gasteiger charge is 2.31. The van der Waals surface area contributed by atoms with E-state index >= 15 is 0 Å². The van der Waals surface area contributed by atoms with Gasteiger partial charge in [0.25, 0.3) is 0 Å². The first-order valence-electron chi connectivity index (χ1n) is 9.00. The molecule has 1 amide bonds. The Hall–Kier alpha value is -2.33. The number of hydrogen-bond donors (Lipinski definition) is 2. The molecule has 1 unspecified atom stereocenters. The maximum Gasteiger partial charge on any atom is 0.407 e. The SMILES string of the molecule is O=C(NC(CO)C1CCC1)OCC1c2ccccc2-c2ccccc21. The number of aliphatic hydroxyl groups is 1. The van der Waals surface area contributed by atoms with Crippen molar-refractivity contribution >= 4 is 6.09 Å². The summed E-state index contributed by atoms with van der Waals surface area (Å²) in [6.45, 7) is 0.275. The third-order valence-electron chi connectivity index (χ3n) is 5.56. The largest absolute Gasteiger partial charge is 0.449 e. The van der Waals surface area contributed by atoms with E-state index in [0.29, 0.717) is 12.5 Å². The molecule has 4 rings (SSSR count). The Labute approximate surface area is 147 Å². The minimum absolute atomic E-state index is 0.0329. The molecule has 0 aromatic heterocycles. The molecule has 2 aliphatic carbocycles. The quantitative estimate of drug-likeness (QED) is 0.875. The van der Waals surface area contributed by atoms with E-state index < -0.39 is 6.09 Å². The number of carbonyl (C=O) groups is 1. The van der Waals surface area contributed by atoms with Gasteiger partial charge < -0.3 is 15.2 Å². The average Bonchev–Trinajstić information content (AvgIpc) is 2.92. The predicted molar refractivity (Wildman–Crippen MR) is 96.4 cm³/mol. The Morgan fingerprint density at radius 3 is 2.20 bits per heavy atom. The number of fused-ring (bicyclic) bond motifs is 3. The van der Waals surface area contributed by atoms with Crippen LogP contribution in [0.15, 0.2) is 48.5 Å². The van der Waals surface area contributed by atoms with Crippen molar-refractivity contribution in [2.75, 3.05) is 13.2 Å². The summed E-state index contributed by atoms with van der Waals surface area (Å²) < 4.78 is 5.53. The van der Waals surface area contributed by atoms with Crippen LogP contribution in [0.4, 0.5) is 4.79 Å². The second kappa shape index (κ2) is 6.89. The van der Waals surface area contributed by atoms with E-state index in [1.54, 1.807) is 0 Å². The van der Waals surface area contributed by atoms with Gasteiger partial charge in [-0.15, -0.1) is 0 Å². The first kappa shape index (κ1) is 16.2. The summed E-state index contributed by atoms with van der Waals surface area (Å²) in [5.74, 6) is 0.444. The number of amides is 1. The average molecular weight is 337 g/mol. The molecule has 0 saturated heterocycles. The van der Waals surface area contributed by atoms with Crippen LogP contribution in [0.3, 0.4) is 0 Å². The maximum absolute atomic E-state index is 12.2. The number of benzene rings is 2. The third kappa shape index (κ3) is 3.02. The van der Waals surface area contributed by atoms with Crippen molar-refractivity contribution in [3.63, 3.8) is 0 Å².